The first-order valence-electron chi connectivity index (χ1n) is 10.1. The minimum atomic E-state index is -0.260. The molecule has 4 rings (SSSR count). The van der Waals surface area contributed by atoms with Crippen LogP contribution in [0.25, 0.3) is 0 Å². The summed E-state index contributed by atoms with van der Waals surface area (Å²) in [4.78, 5) is 19.4. The number of hydrogen-bond acceptors (Lipinski definition) is 4. The van der Waals surface area contributed by atoms with E-state index in [0.29, 0.717) is 30.3 Å². The van der Waals surface area contributed by atoms with Gasteiger partial charge in [0.1, 0.15) is 23.3 Å². The Morgan fingerprint density at radius 2 is 2.10 bits per heavy atom. The number of rotatable bonds is 6. The molecule has 0 spiro atoms. The lowest BCUT2D eigenvalue weighted by Gasteiger charge is -2.22. The highest BCUT2D eigenvalue weighted by atomic mass is 19.1. The molecule has 0 aliphatic carbocycles. The zero-order valence-corrected chi connectivity index (χ0v) is 16.8. The molecule has 1 amide bonds. The normalized spacial score (nSPS) is 16.5. The van der Waals surface area contributed by atoms with Gasteiger partial charge in [-0.25, -0.2) is 9.37 Å². The Kier molecular flexibility index (Phi) is 5.47. The quantitative estimate of drug-likeness (QED) is 0.630. The van der Waals surface area contributed by atoms with Crippen LogP contribution in [0.15, 0.2) is 40.9 Å². The van der Waals surface area contributed by atoms with Crippen LogP contribution in [0, 0.1) is 5.82 Å². The number of oxazole rings is 1. The summed E-state index contributed by atoms with van der Waals surface area (Å²) in [6.45, 7) is 2.77. The molecule has 1 atom stereocenters. The molecule has 1 aliphatic rings. The third-order valence-corrected chi connectivity index (χ3v) is 5.32. The van der Waals surface area contributed by atoms with Crippen molar-refractivity contribution in [3.8, 4) is 0 Å². The second-order valence-electron chi connectivity index (χ2n) is 7.52. The second-order valence-corrected chi connectivity index (χ2v) is 7.52. The largest absolute Gasteiger partial charge is 0.443 e. The van der Waals surface area contributed by atoms with Crippen LogP contribution in [0.5, 0.6) is 0 Å². The highest BCUT2D eigenvalue weighted by Gasteiger charge is 2.35. The third-order valence-electron chi connectivity index (χ3n) is 5.32. The first-order valence-corrected chi connectivity index (χ1v) is 10.1. The zero-order chi connectivity index (χ0) is 20.4. The van der Waals surface area contributed by atoms with Crippen molar-refractivity contribution >= 4 is 5.91 Å². The van der Waals surface area contributed by atoms with Gasteiger partial charge < -0.3 is 9.32 Å². The van der Waals surface area contributed by atoms with Gasteiger partial charge in [-0.3, -0.25) is 9.48 Å². The predicted molar refractivity (Wildman–Crippen MR) is 106 cm³/mol. The van der Waals surface area contributed by atoms with Crippen LogP contribution < -0.4 is 0 Å². The first kappa shape index (κ1) is 19.4. The van der Waals surface area contributed by atoms with Gasteiger partial charge in [-0.2, -0.15) is 5.10 Å². The van der Waals surface area contributed by atoms with Gasteiger partial charge in [-0.05, 0) is 43.0 Å². The fourth-order valence-corrected chi connectivity index (χ4v) is 3.88. The summed E-state index contributed by atoms with van der Waals surface area (Å²) in [7, 11) is 1.81. The topological polar surface area (TPSA) is 64.2 Å². The number of aromatic nitrogens is 3. The van der Waals surface area contributed by atoms with Crippen LogP contribution in [-0.2, 0) is 19.9 Å². The number of carbonyl (C=O) groups excluding carboxylic acids is 1. The monoisotopic (exact) mass is 396 g/mol. The van der Waals surface area contributed by atoms with E-state index in [0.717, 1.165) is 36.9 Å². The van der Waals surface area contributed by atoms with Crippen LogP contribution in [0.1, 0.15) is 65.6 Å². The summed E-state index contributed by atoms with van der Waals surface area (Å²) in [6.07, 6.45) is 5.81. The lowest BCUT2D eigenvalue weighted by atomic mass is 10.1. The van der Waals surface area contributed by atoms with E-state index in [9.17, 15) is 9.18 Å². The molecule has 0 radical (unpaired) electrons. The molecule has 29 heavy (non-hydrogen) atoms. The van der Waals surface area contributed by atoms with Crippen molar-refractivity contribution in [2.45, 2.75) is 45.1 Å². The van der Waals surface area contributed by atoms with Crippen molar-refractivity contribution in [1.29, 1.82) is 0 Å². The van der Waals surface area contributed by atoms with Gasteiger partial charge in [-0.15, -0.1) is 0 Å². The fourth-order valence-electron chi connectivity index (χ4n) is 3.88. The van der Waals surface area contributed by atoms with Gasteiger partial charge in [0.15, 0.2) is 0 Å². The van der Waals surface area contributed by atoms with Gasteiger partial charge in [0.25, 0.3) is 5.91 Å². The summed E-state index contributed by atoms with van der Waals surface area (Å²) in [5.74, 6) is 0.966. The van der Waals surface area contributed by atoms with Crippen molar-refractivity contribution in [2.24, 2.45) is 7.05 Å². The molecule has 0 N–H and O–H groups in total. The number of carbonyl (C=O) groups is 1. The van der Waals surface area contributed by atoms with E-state index < -0.39 is 0 Å². The van der Waals surface area contributed by atoms with Crippen molar-refractivity contribution in [3.05, 3.63) is 70.9 Å². The SMILES string of the molecule is CCCc1cc(C(=O)N2CCC[C@H]2c2ncc(Cc3ccc(F)cc3)o2)n(C)n1. The predicted octanol–water partition coefficient (Wildman–Crippen LogP) is 4.07. The molecule has 3 aromatic rings. The Hall–Kier alpha value is -2.96. The number of hydrogen-bond donors (Lipinski definition) is 0. The van der Waals surface area contributed by atoms with E-state index in [4.69, 9.17) is 4.42 Å². The summed E-state index contributed by atoms with van der Waals surface area (Å²) in [5.41, 5.74) is 2.48. The highest BCUT2D eigenvalue weighted by Crippen LogP contribution is 2.33. The Balaban J connectivity index is 1.50. The van der Waals surface area contributed by atoms with Crippen LogP contribution in [0.2, 0.25) is 0 Å². The maximum atomic E-state index is 13.2. The Morgan fingerprint density at radius 1 is 1.31 bits per heavy atom. The third kappa shape index (κ3) is 4.09. The maximum Gasteiger partial charge on any atom is 0.272 e. The fraction of sp³-hybridized carbons (Fsp3) is 0.409. The average molecular weight is 396 g/mol. The molecule has 3 heterocycles. The lowest BCUT2D eigenvalue weighted by molar-refractivity contribution is 0.0703. The molecule has 7 heteroatoms. The Labute approximate surface area is 169 Å². The van der Waals surface area contributed by atoms with Gasteiger partial charge >= 0.3 is 0 Å². The van der Waals surface area contributed by atoms with Crippen LogP contribution in [-0.4, -0.2) is 32.1 Å². The van der Waals surface area contributed by atoms with Crippen molar-refractivity contribution in [2.75, 3.05) is 6.54 Å². The van der Waals surface area contributed by atoms with Gasteiger partial charge in [0, 0.05) is 20.0 Å². The number of halogens is 1. The summed E-state index contributed by atoms with van der Waals surface area (Å²) >= 11 is 0. The molecule has 1 saturated heterocycles. The molecule has 6 nitrogen and oxygen atoms in total. The molecular formula is C22H25FN4O2. The molecular weight excluding hydrogens is 371 g/mol. The molecule has 2 aromatic heterocycles. The number of nitrogens with zero attached hydrogens (tertiary/aromatic N) is 4. The van der Waals surface area contributed by atoms with E-state index in [1.54, 1.807) is 23.0 Å². The number of aryl methyl sites for hydroxylation is 2. The number of amides is 1. The van der Waals surface area contributed by atoms with Crippen LogP contribution in [0.4, 0.5) is 4.39 Å². The zero-order valence-electron chi connectivity index (χ0n) is 16.8. The Morgan fingerprint density at radius 3 is 2.86 bits per heavy atom. The van der Waals surface area contributed by atoms with E-state index in [2.05, 4.69) is 17.0 Å². The van der Waals surface area contributed by atoms with Crippen molar-refractivity contribution < 1.29 is 13.6 Å². The van der Waals surface area contributed by atoms with Crippen molar-refractivity contribution in [3.63, 3.8) is 0 Å². The second kappa shape index (κ2) is 8.19. The number of benzene rings is 1. The summed E-state index contributed by atoms with van der Waals surface area (Å²) in [6, 6.07) is 8.05. The minimum absolute atomic E-state index is 0.0388. The summed E-state index contributed by atoms with van der Waals surface area (Å²) in [5, 5.41) is 4.45. The molecule has 152 valence electrons. The maximum absolute atomic E-state index is 13.2. The standard InChI is InChI=1S/C22H25FN4O2/c1-3-5-17-13-20(26(2)25-17)22(28)27-11-4-6-19(27)21-24-14-18(29-21)12-15-7-9-16(23)10-8-15/h7-10,13-14,19H,3-6,11-12H2,1-2H3/t19-/m0/s1. The molecule has 0 saturated carbocycles. The summed E-state index contributed by atoms with van der Waals surface area (Å²) < 4.78 is 20.7. The first-order chi connectivity index (χ1) is 14.0. The average Bonchev–Trinajstić information content (AvgIpc) is 3.43. The molecule has 0 bridgehead atoms. The van der Waals surface area contributed by atoms with Crippen molar-refractivity contribution in [1.82, 2.24) is 19.7 Å². The van der Waals surface area contributed by atoms with Gasteiger partial charge in [0.2, 0.25) is 5.89 Å². The molecule has 0 unspecified atom stereocenters. The molecule has 1 fully saturated rings. The van der Waals surface area contributed by atoms with Crippen LogP contribution in [0.3, 0.4) is 0 Å². The smallest absolute Gasteiger partial charge is 0.272 e. The van der Waals surface area contributed by atoms with E-state index >= 15 is 0 Å². The van der Waals surface area contributed by atoms with Gasteiger partial charge in [0.05, 0.1) is 11.9 Å². The highest BCUT2D eigenvalue weighted by molar-refractivity contribution is 5.93. The Bertz CT molecular complexity index is 993. The van der Waals surface area contributed by atoms with E-state index in [-0.39, 0.29) is 17.8 Å². The molecule has 1 aliphatic heterocycles. The van der Waals surface area contributed by atoms with E-state index in [1.807, 2.05) is 18.0 Å². The minimum Gasteiger partial charge on any atom is -0.443 e. The molecule has 1 aromatic carbocycles. The van der Waals surface area contributed by atoms with Gasteiger partial charge in [-0.1, -0.05) is 25.5 Å². The number of likely N-dealkylation sites (tertiary alicyclic amines) is 1. The lowest BCUT2D eigenvalue weighted by Crippen LogP contribution is -2.32. The van der Waals surface area contributed by atoms with E-state index in [1.165, 1.54) is 12.1 Å². The van der Waals surface area contributed by atoms with Crippen LogP contribution >= 0.6 is 0 Å².